The lowest BCUT2D eigenvalue weighted by Gasteiger charge is -2.23. The van der Waals surface area contributed by atoms with Crippen LogP contribution in [0.2, 0.25) is 0 Å². The molecule has 0 bridgehead atoms. The summed E-state index contributed by atoms with van der Waals surface area (Å²) in [7, 11) is 0. The largest absolute Gasteiger partial charge is 0.326 e. The molecule has 0 aliphatic rings. The standard InChI is InChI=1S/C13H19N3S/c1-4-11(14)12(13-10(3)5-6-17-13)16-8-9(2)7-15-16/h5-8,11-12H,4,14H2,1-3H3. The van der Waals surface area contributed by atoms with E-state index in [2.05, 4.69) is 43.5 Å². The highest BCUT2D eigenvalue weighted by Gasteiger charge is 2.23. The molecule has 0 saturated carbocycles. The van der Waals surface area contributed by atoms with Crippen molar-refractivity contribution >= 4 is 11.3 Å². The van der Waals surface area contributed by atoms with Gasteiger partial charge in [0.15, 0.2) is 0 Å². The molecule has 0 aromatic carbocycles. The third-order valence-corrected chi connectivity index (χ3v) is 4.15. The van der Waals surface area contributed by atoms with Crippen molar-refractivity contribution in [2.24, 2.45) is 5.73 Å². The van der Waals surface area contributed by atoms with Crippen LogP contribution in [0.15, 0.2) is 23.8 Å². The van der Waals surface area contributed by atoms with Crippen LogP contribution in [0.4, 0.5) is 0 Å². The lowest BCUT2D eigenvalue weighted by Crippen LogP contribution is -2.32. The Bertz CT molecular complexity index is 486. The van der Waals surface area contributed by atoms with Gasteiger partial charge >= 0.3 is 0 Å². The van der Waals surface area contributed by atoms with Gasteiger partial charge in [-0.2, -0.15) is 5.10 Å². The third kappa shape index (κ3) is 2.42. The van der Waals surface area contributed by atoms with Crippen LogP contribution in [0.3, 0.4) is 0 Å². The number of hydrogen-bond acceptors (Lipinski definition) is 3. The first-order chi connectivity index (χ1) is 8.13. The Balaban J connectivity index is 2.42. The summed E-state index contributed by atoms with van der Waals surface area (Å²) in [5.41, 5.74) is 8.74. The molecule has 2 aromatic rings. The molecule has 0 saturated heterocycles. The number of nitrogens with two attached hydrogens (primary N) is 1. The zero-order valence-electron chi connectivity index (χ0n) is 10.6. The molecule has 0 spiro atoms. The van der Waals surface area contributed by atoms with Crippen LogP contribution < -0.4 is 5.73 Å². The van der Waals surface area contributed by atoms with Crippen molar-refractivity contribution in [3.05, 3.63) is 39.8 Å². The van der Waals surface area contributed by atoms with Crippen LogP contribution in [0.5, 0.6) is 0 Å². The van der Waals surface area contributed by atoms with Gasteiger partial charge in [-0.25, -0.2) is 0 Å². The highest BCUT2D eigenvalue weighted by atomic mass is 32.1. The summed E-state index contributed by atoms with van der Waals surface area (Å²) in [5, 5.41) is 6.55. The molecule has 0 aliphatic heterocycles. The average molecular weight is 249 g/mol. The van der Waals surface area contributed by atoms with Gasteiger partial charge in [-0.1, -0.05) is 6.92 Å². The number of aromatic nitrogens is 2. The van der Waals surface area contributed by atoms with Gasteiger partial charge in [-0.15, -0.1) is 11.3 Å². The van der Waals surface area contributed by atoms with Crippen molar-refractivity contribution in [1.82, 2.24) is 9.78 Å². The van der Waals surface area contributed by atoms with Gasteiger partial charge in [0.25, 0.3) is 0 Å². The maximum atomic E-state index is 6.26. The van der Waals surface area contributed by atoms with Crippen LogP contribution in [0.25, 0.3) is 0 Å². The van der Waals surface area contributed by atoms with E-state index in [0.717, 1.165) is 6.42 Å². The first-order valence-electron chi connectivity index (χ1n) is 5.93. The Kier molecular flexibility index (Phi) is 3.64. The Morgan fingerprint density at radius 1 is 1.47 bits per heavy atom. The smallest absolute Gasteiger partial charge is 0.101 e. The molecule has 17 heavy (non-hydrogen) atoms. The van der Waals surface area contributed by atoms with Crippen molar-refractivity contribution in [2.75, 3.05) is 0 Å². The molecular weight excluding hydrogens is 230 g/mol. The van der Waals surface area contributed by atoms with E-state index in [9.17, 15) is 0 Å². The van der Waals surface area contributed by atoms with Crippen molar-refractivity contribution in [3.63, 3.8) is 0 Å². The molecule has 92 valence electrons. The average Bonchev–Trinajstić information content (AvgIpc) is 2.90. The predicted octanol–water partition coefficient (Wildman–Crippen LogP) is 2.89. The molecular formula is C13H19N3S. The summed E-state index contributed by atoms with van der Waals surface area (Å²) >= 11 is 1.76. The number of aryl methyl sites for hydroxylation is 2. The van der Waals surface area contributed by atoms with Crippen LogP contribution in [-0.4, -0.2) is 15.8 Å². The summed E-state index contributed by atoms with van der Waals surface area (Å²) in [6, 6.07) is 2.41. The van der Waals surface area contributed by atoms with E-state index >= 15 is 0 Å². The molecule has 4 heteroatoms. The monoisotopic (exact) mass is 249 g/mol. The van der Waals surface area contributed by atoms with Gasteiger partial charge in [0, 0.05) is 17.1 Å². The topological polar surface area (TPSA) is 43.8 Å². The molecule has 0 aliphatic carbocycles. The lowest BCUT2D eigenvalue weighted by atomic mass is 10.0. The number of hydrogen-bond donors (Lipinski definition) is 1. The van der Waals surface area contributed by atoms with Gasteiger partial charge in [0.1, 0.15) is 6.04 Å². The second kappa shape index (κ2) is 5.02. The molecule has 2 heterocycles. The Labute approximate surface area is 106 Å². The second-order valence-corrected chi connectivity index (χ2v) is 5.43. The van der Waals surface area contributed by atoms with E-state index in [4.69, 9.17) is 5.73 Å². The highest BCUT2D eigenvalue weighted by Crippen LogP contribution is 2.29. The van der Waals surface area contributed by atoms with E-state index in [1.165, 1.54) is 16.0 Å². The molecule has 2 rings (SSSR count). The maximum Gasteiger partial charge on any atom is 0.101 e. The minimum Gasteiger partial charge on any atom is -0.326 e. The van der Waals surface area contributed by atoms with Gasteiger partial charge < -0.3 is 5.73 Å². The summed E-state index contributed by atoms with van der Waals surface area (Å²) < 4.78 is 2.00. The molecule has 2 atom stereocenters. The van der Waals surface area contributed by atoms with Gasteiger partial charge in [-0.3, -0.25) is 4.68 Å². The zero-order chi connectivity index (χ0) is 12.4. The van der Waals surface area contributed by atoms with Gasteiger partial charge in [0.2, 0.25) is 0 Å². The normalized spacial score (nSPS) is 14.8. The zero-order valence-corrected chi connectivity index (χ0v) is 11.4. The Morgan fingerprint density at radius 3 is 2.71 bits per heavy atom. The van der Waals surface area contributed by atoms with E-state index in [0.29, 0.717) is 0 Å². The quantitative estimate of drug-likeness (QED) is 0.905. The number of thiophene rings is 1. The van der Waals surface area contributed by atoms with Gasteiger partial charge in [0.05, 0.1) is 6.20 Å². The van der Waals surface area contributed by atoms with Crippen LogP contribution in [-0.2, 0) is 0 Å². The summed E-state index contributed by atoms with van der Waals surface area (Å²) in [4.78, 5) is 1.32. The van der Waals surface area contributed by atoms with E-state index in [-0.39, 0.29) is 12.1 Å². The first-order valence-corrected chi connectivity index (χ1v) is 6.81. The minimum absolute atomic E-state index is 0.103. The molecule has 0 amide bonds. The molecule has 2 unspecified atom stereocenters. The Hall–Kier alpha value is -1.13. The van der Waals surface area contributed by atoms with E-state index < -0.39 is 0 Å². The molecule has 0 fully saturated rings. The summed E-state index contributed by atoms with van der Waals surface area (Å²) in [6.07, 6.45) is 4.90. The Morgan fingerprint density at radius 2 is 2.24 bits per heavy atom. The highest BCUT2D eigenvalue weighted by molar-refractivity contribution is 7.10. The minimum atomic E-state index is 0.103. The van der Waals surface area contributed by atoms with Crippen LogP contribution >= 0.6 is 11.3 Å². The van der Waals surface area contributed by atoms with Crippen molar-refractivity contribution in [1.29, 1.82) is 0 Å². The SMILES string of the molecule is CCC(N)C(c1sccc1C)n1cc(C)cn1. The fourth-order valence-electron chi connectivity index (χ4n) is 2.01. The lowest BCUT2D eigenvalue weighted by molar-refractivity contribution is 0.428. The van der Waals surface area contributed by atoms with Crippen molar-refractivity contribution in [3.8, 4) is 0 Å². The van der Waals surface area contributed by atoms with Gasteiger partial charge in [-0.05, 0) is 42.8 Å². The molecule has 0 radical (unpaired) electrons. The first kappa shape index (κ1) is 12.3. The van der Waals surface area contributed by atoms with E-state index in [1.54, 1.807) is 11.3 Å². The van der Waals surface area contributed by atoms with Crippen LogP contribution in [0.1, 0.15) is 35.4 Å². The van der Waals surface area contributed by atoms with E-state index in [1.807, 2.05) is 10.9 Å². The molecule has 3 nitrogen and oxygen atoms in total. The second-order valence-electron chi connectivity index (χ2n) is 4.48. The van der Waals surface area contributed by atoms with Crippen LogP contribution in [0, 0.1) is 13.8 Å². The predicted molar refractivity (Wildman–Crippen MR) is 72.4 cm³/mol. The van der Waals surface area contributed by atoms with Crippen molar-refractivity contribution < 1.29 is 0 Å². The number of nitrogens with zero attached hydrogens (tertiary/aromatic N) is 2. The maximum absolute atomic E-state index is 6.26. The number of rotatable bonds is 4. The summed E-state index contributed by atoms with van der Waals surface area (Å²) in [5.74, 6) is 0. The summed E-state index contributed by atoms with van der Waals surface area (Å²) in [6.45, 7) is 6.31. The molecule has 2 aromatic heterocycles. The third-order valence-electron chi connectivity index (χ3n) is 3.06. The molecule has 2 N–H and O–H groups in total. The fraction of sp³-hybridized carbons (Fsp3) is 0.462. The van der Waals surface area contributed by atoms with Crippen molar-refractivity contribution in [2.45, 2.75) is 39.3 Å². The fourth-order valence-corrected chi connectivity index (χ4v) is 3.10.